The fourth-order valence-corrected chi connectivity index (χ4v) is 5.06. The highest BCUT2D eigenvalue weighted by molar-refractivity contribution is 5.70. The van der Waals surface area contributed by atoms with Gasteiger partial charge in [0.1, 0.15) is 17.7 Å². The Kier molecular flexibility index (Phi) is 6.56. The Morgan fingerprint density at radius 1 is 0.941 bits per heavy atom. The van der Waals surface area contributed by atoms with Gasteiger partial charge in [-0.15, -0.1) is 0 Å². The lowest BCUT2D eigenvalue weighted by Crippen LogP contribution is -2.56. The molecule has 2 aliphatic rings. The van der Waals surface area contributed by atoms with Gasteiger partial charge in [0, 0.05) is 12.6 Å². The Hall–Kier alpha value is -3.29. The van der Waals surface area contributed by atoms with Gasteiger partial charge in [0.05, 0.1) is 31.3 Å². The van der Waals surface area contributed by atoms with Crippen molar-refractivity contribution in [2.45, 2.75) is 30.7 Å². The van der Waals surface area contributed by atoms with Gasteiger partial charge < -0.3 is 14.8 Å². The van der Waals surface area contributed by atoms with E-state index >= 15 is 0 Å². The number of halogens is 2. The third-order valence-corrected chi connectivity index (χ3v) is 6.47. The van der Waals surface area contributed by atoms with Crippen LogP contribution in [0.3, 0.4) is 0 Å². The van der Waals surface area contributed by atoms with Crippen LogP contribution in [0.25, 0.3) is 0 Å². The first-order valence-electron chi connectivity index (χ1n) is 11.4. The molecule has 5 rings (SSSR count). The molecule has 34 heavy (non-hydrogen) atoms. The van der Waals surface area contributed by atoms with E-state index in [1.54, 1.807) is 0 Å². The quantitative estimate of drug-likeness (QED) is 0.585. The van der Waals surface area contributed by atoms with Gasteiger partial charge in [-0.05, 0) is 35.2 Å². The number of rotatable bonds is 6. The first kappa shape index (κ1) is 22.5. The van der Waals surface area contributed by atoms with Crippen molar-refractivity contribution in [3.05, 3.63) is 107 Å². The number of carbonyl (C=O) groups excluding carboxylic acids is 1. The van der Waals surface area contributed by atoms with Crippen molar-refractivity contribution in [1.82, 2.24) is 10.2 Å². The SMILES string of the molecule is O=C1N[C@@H](Cc2cc(F)cc(F)c2)[C@@H](C2COCCN2C(c2ccccc2)c2ccccc2)O1. The highest BCUT2D eigenvalue weighted by atomic mass is 19.1. The number of morpholine rings is 1. The zero-order valence-electron chi connectivity index (χ0n) is 18.6. The smallest absolute Gasteiger partial charge is 0.407 e. The normalized spacial score (nSPS) is 23.0. The minimum atomic E-state index is -0.646. The summed E-state index contributed by atoms with van der Waals surface area (Å²) in [5.41, 5.74) is 2.72. The summed E-state index contributed by atoms with van der Waals surface area (Å²) in [5.74, 6) is -1.29. The molecule has 0 bridgehead atoms. The van der Waals surface area contributed by atoms with E-state index in [1.165, 1.54) is 12.1 Å². The van der Waals surface area contributed by atoms with Gasteiger partial charge in [-0.1, -0.05) is 60.7 Å². The summed E-state index contributed by atoms with van der Waals surface area (Å²) in [4.78, 5) is 14.6. The zero-order chi connectivity index (χ0) is 23.5. The maximum atomic E-state index is 13.8. The molecule has 0 aromatic heterocycles. The van der Waals surface area contributed by atoms with E-state index < -0.39 is 29.9 Å². The van der Waals surface area contributed by atoms with E-state index in [4.69, 9.17) is 9.47 Å². The number of amides is 1. The molecule has 1 amide bonds. The number of hydrogen-bond acceptors (Lipinski definition) is 4. The van der Waals surface area contributed by atoms with Crippen LogP contribution in [0.4, 0.5) is 13.6 Å². The van der Waals surface area contributed by atoms with Crippen molar-refractivity contribution in [2.24, 2.45) is 0 Å². The van der Waals surface area contributed by atoms with Crippen LogP contribution in [0, 0.1) is 11.6 Å². The molecule has 2 heterocycles. The number of alkyl carbamates (subject to hydrolysis) is 1. The summed E-state index contributed by atoms with van der Waals surface area (Å²) in [7, 11) is 0. The third-order valence-electron chi connectivity index (χ3n) is 6.47. The molecule has 2 aliphatic heterocycles. The van der Waals surface area contributed by atoms with E-state index in [-0.39, 0.29) is 18.5 Å². The molecule has 3 aromatic carbocycles. The van der Waals surface area contributed by atoms with Crippen LogP contribution < -0.4 is 5.32 Å². The summed E-state index contributed by atoms with van der Waals surface area (Å²) in [6.45, 7) is 1.58. The van der Waals surface area contributed by atoms with Crippen LogP contribution in [0.5, 0.6) is 0 Å². The monoisotopic (exact) mass is 464 g/mol. The largest absolute Gasteiger partial charge is 0.442 e. The average molecular weight is 465 g/mol. The molecular formula is C27H26F2N2O3. The molecule has 2 fully saturated rings. The Labute approximate surface area is 197 Å². The molecule has 0 spiro atoms. The van der Waals surface area contributed by atoms with Gasteiger partial charge in [0.2, 0.25) is 0 Å². The van der Waals surface area contributed by atoms with Gasteiger partial charge in [-0.25, -0.2) is 13.6 Å². The van der Waals surface area contributed by atoms with Crippen LogP contribution in [-0.4, -0.2) is 48.9 Å². The summed E-state index contributed by atoms with van der Waals surface area (Å²) in [5, 5.41) is 2.84. The fraction of sp³-hybridized carbons (Fsp3) is 0.296. The maximum Gasteiger partial charge on any atom is 0.407 e. The molecular weight excluding hydrogens is 438 g/mol. The summed E-state index contributed by atoms with van der Waals surface area (Å²) in [6.07, 6.45) is -0.834. The Morgan fingerprint density at radius 2 is 1.56 bits per heavy atom. The van der Waals surface area contributed by atoms with Crippen LogP contribution >= 0.6 is 0 Å². The fourth-order valence-electron chi connectivity index (χ4n) is 5.06. The predicted molar refractivity (Wildman–Crippen MR) is 123 cm³/mol. The molecule has 0 radical (unpaired) electrons. The molecule has 1 N–H and O–H groups in total. The number of ether oxygens (including phenoxy) is 2. The molecule has 5 nitrogen and oxygen atoms in total. The number of carbonyl (C=O) groups is 1. The van der Waals surface area contributed by atoms with Crippen LogP contribution in [0.2, 0.25) is 0 Å². The highest BCUT2D eigenvalue weighted by Gasteiger charge is 2.45. The van der Waals surface area contributed by atoms with Crippen LogP contribution in [0.15, 0.2) is 78.9 Å². The Balaban J connectivity index is 1.48. The van der Waals surface area contributed by atoms with Crippen LogP contribution in [-0.2, 0) is 15.9 Å². The number of benzene rings is 3. The van der Waals surface area contributed by atoms with Gasteiger partial charge in [0.25, 0.3) is 0 Å². The summed E-state index contributed by atoms with van der Waals surface area (Å²) in [6, 6.07) is 23.0. The zero-order valence-corrected chi connectivity index (χ0v) is 18.6. The number of nitrogens with zero attached hydrogens (tertiary/aromatic N) is 1. The first-order chi connectivity index (χ1) is 16.6. The lowest BCUT2D eigenvalue weighted by molar-refractivity contribution is -0.0685. The van der Waals surface area contributed by atoms with Gasteiger partial charge in [-0.3, -0.25) is 4.90 Å². The molecule has 0 saturated carbocycles. The topological polar surface area (TPSA) is 50.8 Å². The second-order valence-corrected chi connectivity index (χ2v) is 8.71. The third kappa shape index (κ3) is 4.81. The highest BCUT2D eigenvalue weighted by Crippen LogP contribution is 2.34. The number of hydrogen-bond donors (Lipinski definition) is 1. The molecule has 1 unspecified atom stereocenters. The molecule has 2 saturated heterocycles. The first-order valence-corrected chi connectivity index (χ1v) is 11.4. The van der Waals surface area contributed by atoms with Crippen molar-refractivity contribution < 1.29 is 23.0 Å². The second kappa shape index (κ2) is 9.91. The lowest BCUT2D eigenvalue weighted by atomic mass is 9.91. The van der Waals surface area contributed by atoms with Gasteiger partial charge >= 0.3 is 6.09 Å². The number of cyclic esters (lactones) is 1. The summed E-state index contributed by atoms with van der Waals surface area (Å²) < 4.78 is 39.2. The molecule has 3 atom stereocenters. The second-order valence-electron chi connectivity index (χ2n) is 8.71. The van der Waals surface area contributed by atoms with E-state index in [2.05, 4.69) is 34.5 Å². The minimum Gasteiger partial charge on any atom is -0.442 e. The average Bonchev–Trinajstić information content (AvgIpc) is 3.20. The van der Waals surface area contributed by atoms with Crippen molar-refractivity contribution in [3.8, 4) is 0 Å². The van der Waals surface area contributed by atoms with Crippen molar-refractivity contribution in [3.63, 3.8) is 0 Å². The molecule has 176 valence electrons. The van der Waals surface area contributed by atoms with Crippen molar-refractivity contribution in [1.29, 1.82) is 0 Å². The van der Waals surface area contributed by atoms with Gasteiger partial charge in [0.15, 0.2) is 0 Å². The van der Waals surface area contributed by atoms with Gasteiger partial charge in [-0.2, -0.15) is 0 Å². The van der Waals surface area contributed by atoms with Crippen molar-refractivity contribution >= 4 is 6.09 Å². The summed E-state index contributed by atoms with van der Waals surface area (Å²) >= 11 is 0. The van der Waals surface area contributed by atoms with Crippen LogP contribution in [0.1, 0.15) is 22.7 Å². The number of nitrogens with one attached hydrogen (secondary N) is 1. The minimum absolute atomic E-state index is 0.0668. The maximum absolute atomic E-state index is 13.8. The molecule has 3 aromatic rings. The van der Waals surface area contributed by atoms with E-state index in [9.17, 15) is 13.6 Å². The standard InChI is InChI=1S/C27H26F2N2O3/c28-21-13-18(14-22(29)16-21)15-23-26(34-27(32)30-23)24-17-33-12-11-31(24)25(19-7-3-1-4-8-19)20-9-5-2-6-10-20/h1-10,13-14,16,23-26H,11-12,15,17H2,(H,30,32)/t23-,24?,26-/m0/s1. The molecule has 0 aliphatic carbocycles. The van der Waals surface area contributed by atoms with Crippen molar-refractivity contribution in [2.75, 3.05) is 19.8 Å². The van der Waals surface area contributed by atoms with E-state index in [0.717, 1.165) is 17.2 Å². The van der Waals surface area contributed by atoms with E-state index in [0.29, 0.717) is 25.3 Å². The molecule has 7 heteroatoms. The van der Waals surface area contributed by atoms with E-state index in [1.807, 2.05) is 36.4 Å². The lowest BCUT2D eigenvalue weighted by Gasteiger charge is -2.44. The Bertz CT molecular complexity index is 1070. The predicted octanol–water partition coefficient (Wildman–Crippen LogP) is 4.47. The Morgan fingerprint density at radius 3 is 2.18 bits per heavy atom.